The molecule has 1 aromatic carbocycles. The smallest absolute Gasteiger partial charge is 0.259 e. The predicted octanol–water partition coefficient (Wildman–Crippen LogP) is 2.41. The number of nitrogens with one attached hydrogen (secondary N) is 2. The van der Waals surface area contributed by atoms with Gasteiger partial charge in [-0.3, -0.25) is 9.59 Å². The molecule has 0 saturated heterocycles. The summed E-state index contributed by atoms with van der Waals surface area (Å²) in [7, 11) is 0. The number of benzene rings is 1. The Morgan fingerprint density at radius 2 is 1.89 bits per heavy atom. The monoisotopic (exact) mass is 368 g/mol. The van der Waals surface area contributed by atoms with Crippen molar-refractivity contribution < 1.29 is 14.0 Å². The quantitative estimate of drug-likeness (QED) is 0.404. The normalized spacial score (nSPS) is 11.0. The molecule has 142 valence electrons. The highest BCUT2D eigenvalue weighted by Crippen LogP contribution is 2.13. The molecule has 7 heteroatoms. The largest absolute Gasteiger partial charge is 0.465 e. The van der Waals surface area contributed by atoms with Crippen molar-refractivity contribution in [3.63, 3.8) is 0 Å². The number of anilines is 1. The van der Waals surface area contributed by atoms with Crippen LogP contribution in [-0.4, -0.2) is 37.7 Å². The first-order valence-electron chi connectivity index (χ1n) is 8.78. The number of nitrogens with zero attached hydrogens (tertiary/aromatic N) is 2. The Hall–Kier alpha value is -3.35. The molecule has 0 saturated carbocycles. The Balaban J connectivity index is 1.73. The van der Waals surface area contributed by atoms with Gasteiger partial charge in [0.15, 0.2) is 0 Å². The summed E-state index contributed by atoms with van der Waals surface area (Å²) < 4.78 is 5.07. The fourth-order valence-electron chi connectivity index (χ4n) is 2.35. The number of hydrogen-bond acceptors (Lipinski definition) is 5. The minimum atomic E-state index is -0.411. The molecule has 2 amide bonds. The summed E-state index contributed by atoms with van der Waals surface area (Å²) in [4.78, 5) is 25.6. The van der Waals surface area contributed by atoms with E-state index in [1.54, 1.807) is 18.3 Å². The molecule has 2 aromatic rings. The second-order valence-electron chi connectivity index (χ2n) is 5.62. The van der Waals surface area contributed by atoms with Crippen molar-refractivity contribution in [2.75, 3.05) is 24.5 Å². The summed E-state index contributed by atoms with van der Waals surface area (Å²) in [6.45, 7) is 5.95. The Bertz CT molecular complexity index is 776. The Morgan fingerprint density at radius 3 is 2.52 bits per heavy atom. The van der Waals surface area contributed by atoms with Gasteiger partial charge in [0.05, 0.1) is 19.0 Å². The fraction of sp³-hybridized carbons (Fsp3) is 0.250. The summed E-state index contributed by atoms with van der Waals surface area (Å²) >= 11 is 0. The number of hydrogen-bond donors (Lipinski definition) is 2. The third-order valence-corrected chi connectivity index (χ3v) is 3.79. The van der Waals surface area contributed by atoms with Crippen molar-refractivity contribution in [2.24, 2.45) is 5.10 Å². The van der Waals surface area contributed by atoms with Crippen molar-refractivity contribution in [3.8, 4) is 0 Å². The molecule has 0 spiro atoms. The molecular formula is C20H24N4O3. The molecule has 0 fully saturated rings. The molecule has 0 bridgehead atoms. The van der Waals surface area contributed by atoms with E-state index in [4.69, 9.17) is 4.42 Å². The minimum Gasteiger partial charge on any atom is -0.465 e. The molecule has 0 radical (unpaired) electrons. The maximum atomic E-state index is 11.7. The summed E-state index contributed by atoms with van der Waals surface area (Å²) in [5.74, 6) is -0.241. The van der Waals surface area contributed by atoms with Crippen LogP contribution in [0.25, 0.3) is 6.08 Å². The topological polar surface area (TPSA) is 86.9 Å². The molecule has 0 unspecified atom stereocenters. The Labute approximate surface area is 158 Å². The second kappa shape index (κ2) is 10.6. The van der Waals surface area contributed by atoms with Gasteiger partial charge in [-0.25, -0.2) is 5.43 Å². The average molecular weight is 368 g/mol. The first kappa shape index (κ1) is 20.0. The lowest BCUT2D eigenvalue weighted by atomic mass is 10.2. The van der Waals surface area contributed by atoms with Gasteiger partial charge in [-0.2, -0.15) is 5.10 Å². The van der Waals surface area contributed by atoms with E-state index in [2.05, 4.69) is 34.6 Å². The zero-order valence-corrected chi connectivity index (χ0v) is 15.5. The van der Waals surface area contributed by atoms with Crippen molar-refractivity contribution in [3.05, 3.63) is 60.1 Å². The Morgan fingerprint density at radius 1 is 1.15 bits per heavy atom. The highest BCUT2D eigenvalue weighted by atomic mass is 16.3. The van der Waals surface area contributed by atoms with Gasteiger partial charge in [-0.15, -0.1) is 0 Å². The maximum Gasteiger partial charge on any atom is 0.259 e. The molecule has 2 N–H and O–H groups in total. The van der Waals surface area contributed by atoms with E-state index in [1.807, 2.05) is 24.3 Å². The van der Waals surface area contributed by atoms with E-state index in [-0.39, 0.29) is 6.54 Å². The van der Waals surface area contributed by atoms with E-state index in [9.17, 15) is 9.59 Å². The predicted molar refractivity (Wildman–Crippen MR) is 106 cm³/mol. The third-order valence-electron chi connectivity index (χ3n) is 3.79. The number of amides is 2. The average Bonchev–Trinajstić information content (AvgIpc) is 3.20. The number of carbonyl (C=O) groups excluding carboxylic acids is 2. The van der Waals surface area contributed by atoms with Crippen LogP contribution in [0.1, 0.15) is 25.2 Å². The SMILES string of the molecule is CCN(CC)c1ccc(C=NNC(=O)CNC(=O)C=Cc2ccco2)cc1. The van der Waals surface area contributed by atoms with Crippen LogP contribution in [0.15, 0.2) is 58.3 Å². The summed E-state index contributed by atoms with van der Waals surface area (Å²) in [6.07, 6.45) is 5.89. The van der Waals surface area contributed by atoms with Crippen LogP contribution in [0.5, 0.6) is 0 Å². The van der Waals surface area contributed by atoms with E-state index < -0.39 is 11.8 Å². The van der Waals surface area contributed by atoms with Crippen LogP contribution < -0.4 is 15.6 Å². The van der Waals surface area contributed by atoms with Crippen molar-refractivity contribution in [1.82, 2.24) is 10.7 Å². The van der Waals surface area contributed by atoms with Crippen LogP contribution in [-0.2, 0) is 9.59 Å². The minimum absolute atomic E-state index is 0.167. The fourth-order valence-corrected chi connectivity index (χ4v) is 2.35. The van der Waals surface area contributed by atoms with Crippen molar-refractivity contribution in [1.29, 1.82) is 0 Å². The highest BCUT2D eigenvalue weighted by Gasteiger charge is 2.03. The van der Waals surface area contributed by atoms with Crippen LogP contribution >= 0.6 is 0 Å². The molecule has 0 aliphatic carbocycles. The van der Waals surface area contributed by atoms with Crippen molar-refractivity contribution in [2.45, 2.75) is 13.8 Å². The molecule has 1 heterocycles. The number of rotatable bonds is 9. The van der Waals surface area contributed by atoms with Crippen LogP contribution in [0.2, 0.25) is 0 Å². The van der Waals surface area contributed by atoms with E-state index in [0.717, 1.165) is 24.3 Å². The molecule has 0 atom stereocenters. The zero-order valence-electron chi connectivity index (χ0n) is 15.5. The molecule has 0 aliphatic rings. The Kier molecular flexibility index (Phi) is 7.84. The molecule has 1 aromatic heterocycles. The van der Waals surface area contributed by atoms with Gasteiger partial charge in [0, 0.05) is 24.9 Å². The summed E-state index contributed by atoms with van der Waals surface area (Å²) in [6, 6.07) is 11.3. The van der Waals surface area contributed by atoms with Gasteiger partial charge < -0.3 is 14.6 Å². The van der Waals surface area contributed by atoms with Gasteiger partial charge in [0.2, 0.25) is 5.91 Å². The lowest BCUT2D eigenvalue weighted by Crippen LogP contribution is -2.34. The number of furan rings is 1. The number of carbonyl (C=O) groups is 2. The molecule has 2 rings (SSSR count). The zero-order chi connectivity index (χ0) is 19.5. The van der Waals surface area contributed by atoms with Gasteiger partial charge in [-0.1, -0.05) is 12.1 Å². The summed E-state index contributed by atoms with van der Waals surface area (Å²) in [5, 5.41) is 6.37. The maximum absolute atomic E-state index is 11.7. The standard InChI is InChI=1S/C20H24N4O3/c1-3-24(4-2)17-9-7-16(8-10-17)14-22-23-20(26)15-21-19(25)12-11-18-6-5-13-27-18/h5-14H,3-4,15H2,1-2H3,(H,21,25)(H,23,26). The van der Waals surface area contributed by atoms with Crippen molar-refractivity contribution >= 4 is 29.8 Å². The molecule has 7 nitrogen and oxygen atoms in total. The van der Waals surface area contributed by atoms with Gasteiger partial charge in [0.1, 0.15) is 5.76 Å². The second-order valence-corrected chi connectivity index (χ2v) is 5.62. The molecule has 0 aliphatic heterocycles. The lowest BCUT2D eigenvalue weighted by molar-refractivity contribution is -0.123. The first-order chi connectivity index (χ1) is 13.1. The highest BCUT2D eigenvalue weighted by molar-refractivity contribution is 5.94. The first-order valence-corrected chi connectivity index (χ1v) is 8.78. The number of hydrazone groups is 1. The van der Waals surface area contributed by atoms with Crippen LogP contribution in [0.4, 0.5) is 5.69 Å². The van der Waals surface area contributed by atoms with Gasteiger partial charge in [0.25, 0.3) is 5.91 Å². The third kappa shape index (κ3) is 6.81. The summed E-state index contributed by atoms with van der Waals surface area (Å²) in [5.41, 5.74) is 4.40. The van der Waals surface area contributed by atoms with E-state index >= 15 is 0 Å². The van der Waals surface area contributed by atoms with Crippen LogP contribution in [0.3, 0.4) is 0 Å². The van der Waals surface area contributed by atoms with E-state index in [0.29, 0.717) is 5.76 Å². The lowest BCUT2D eigenvalue weighted by Gasteiger charge is -2.20. The molecule has 27 heavy (non-hydrogen) atoms. The van der Waals surface area contributed by atoms with Gasteiger partial charge >= 0.3 is 0 Å². The molecular weight excluding hydrogens is 344 g/mol. The van der Waals surface area contributed by atoms with Gasteiger partial charge in [-0.05, 0) is 49.8 Å². The van der Waals surface area contributed by atoms with Crippen LogP contribution in [0, 0.1) is 0 Å². The van der Waals surface area contributed by atoms with E-state index in [1.165, 1.54) is 18.4 Å².